The molecule has 0 fully saturated rings. The van der Waals surface area contributed by atoms with Gasteiger partial charge in [0.05, 0.1) is 13.2 Å². The molecule has 0 aromatic carbocycles. The Labute approximate surface area is 322 Å². The van der Waals surface area contributed by atoms with Crippen LogP contribution < -0.4 is 5.32 Å². The van der Waals surface area contributed by atoms with Crippen LogP contribution in [0.15, 0.2) is 72.9 Å². The molecule has 0 saturated heterocycles. The van der Waals surface area contributed by atoms with Crippen LogP contribution in [0.1, 0.15) is 155 Å². The molecule has 0 heterocycles. The van der Waals surface area contributed by atoms with Crippen LogP contribution in [0.5, 0.6) is 0 Å². The summed E-state index contributed by atoms with van der Waals surface area (Å²) in [7, 11) is -4.43. The van der Waals surface area contributed by atoms with Crippen molar-refractivity contribution in [1.29, 1.82) is 0 Å². The minimum atomic E-state index is -4.43. The highest BCUT2D eigenvalue weighted by Gasteiger charge is 2.23. The molecule has 3 N–H and O–H groups in total. The predicted molar refractivity (Wildman–Crippen MR) is 219 cm³/mol. The number of aliphatic hydroxyl groups is 1. The van der Waals surface area contributed by atoms with E-state index in [1.54, 1.807) is 0 Å². The molecule has 2 atom stereocenters. The maximum atomic E-state index is 12.1. The summed E-state index contributed by atoms with van der Waals surface area (Å²) in [6.07, 6.45) is 46.9. The van der Waals surface area contributed by atoms with Gasteiger partial charge in [-0.1, -0.05) is 151 Å². The van der Waals surface area contributed by atoms with Crippen LogP contribution in [-0.2, 0) is 27.9 Å². The Balaban J connectivity index is 3.71. The Morgan fingerprint density at radius 3 is 1.60 bits per heavy atom. The summed E-state index contributed by atoms with van der Waals surface area (Å²) in [5, 5.41) is 12.6. The summed E-state index contributed by atoms with van der Waals surface area (Å²) in [6, 6.07) is 0. The number of esters is 1. The smallest absolute Gasteiger partial charge is 0.463 e. The van der Waals surface area contributed by atoms with E-state index >= 15 is 0 Å². The number of hydrogen-bond acceptors (Lipinski definition) is 7. The molecule has 0 aliphatic carbocycles. The van der Waals surface area contributed by atoms with E-state index in [4.69, 9.17) is 13.8 Å². The molecule has 0 saturated carbocycles. The van der Waals surface area contributed by atoms with Crippen molar-refractivity contribution in [3.8, 4) is 0 Å². The number of phosphoric ester groups is 1. The molecule has 53 heavy (non-hydrogen) atoms. The van der Waals surface area contributed by atoms with E-state index in [-0.39, 0.29) is 32.1 Å². The number of allylic oxidation sites excluding steroid dienone is 12. The molecule has 0 spiro atoms. The maximum absolute atomic E-state index is 12.1. The molecule has 0 rings (SSSR count). The third-order valence-corrected chi connectivity index (χ3v) is 9.14. The number of rotatable bonds is 37. The van der Waals surface area contributed by atoms with Crippen molar-refractivity contribution in [2.24, 2.45) is 0 Å². The number of carbonyl (C=O) groups excluding carboxylic acids is 2. The monoisotopic (exact) mass is 764 g/mol. The van der Waals surface area contributed by atoms with E-state index < -0.39 is 26.5 Å². The first kappa shape index (κ1) is 50.5. The van der Waals surface area contributed by atoms with Gasteiger partial charge in [0.2, 0.25) is 5.91 Å². The van der Waals surface area contributed by atoms with Crippen LogP contribution in [0.3, 0.4) is 0 Å². The summed E-state index contributed by atoms with van der Waals surface area (Å²) in [5.74, 6) is -0.566. The summed E-state index contributed by atoms with van der Waals surface area (Å²) in [4.78, 5) is 33.8. The van der Waals surface area contributed by atoms with Crippen molar-refractivity contribution in [2.45, 2.75) is 161 Å². The molecule has 0 aromatic rings. The first-order valence-electron chi connectivity index (χ1n) is 20.4. The van der Waals surface area contributed by atoms with Crippen molar-refractivity contribution in [3.63, 3.8) is 0 Å². The summed E-state index contributed by atoms with van der Waals surface area (Å²) in [6.45, 7) is 3.35. The zero-order chi connectivity index (χ0) is 38.9. The summed E-state index contributed by atoms with van der Waals surface area (Å²) < 4.78 is 26.8. The van der Waals surface area contributed by atoms with Gasteiger partial charge in [0.1, 0.15) is 12.7 Å². The zero-order valence-corrected chi connectivity index (χ0v) is 34.1. The van der Waals surface area contributed by atoms with E-state index in [2.05, 4.69) is 92.1 Å². The van der Waals surface area contributed by atoms with Gasteiger partial charge in [-0.15, -0.1) is 0 Å². The van der Waals surface area contributed by atoms with Gasteiger partial charge in [0, 0.05) is 19.4 Å². The highest BCUT2D eigenvalue weighted by Crippen LogP contribution is 2.42. The summed E-state index contributed by atoms with van der Waals surface area (Å²) >= 11 is 0. The van der Waals surface area contributed by atoms with E-state index in [0.29, 0.717) is 6.42 Å². The molecular weight excluding hydrogens is 689 g/mol. The largest absolute Gasteiger partial charge is 0.472 e. The number of hydrogen-bond donors (Lipinski definition) is 3. The van der Waals surface area contributed by atoms with Crippen LogP contribution in [0.25, 0.3) is 0 Å². The Morgan fingerprint density at radius 2 is 1.08 bits per heavy atom. The average molecular weight is 764 g/mol. The first-order chi connectivity index (χ1) is 25.8. The Hall–Kier alpha value is -2.55. The molecule has 1 amide bonds. The molecule has 0 aromatic heterocycles. The molecule has 304 valence electrons. The normalized spacial score (nSPS) is 14.1. The molecule has 9 nitrogen and oxygen atoms in total. The topological polar surface area (TPSA) is 131 Å². The Morgan fingerprint density at radius 1 is 0.604 bits per heavy atom. The minimum absolute atomic E-state index is 0.0547. The van der Waals surface area contributed by atoms with E-state index in [1.807, 2.05) is 0 Å². The fraction of sp³-hybridized carbons (Fsp3) is 0.674. The van der Waals surface area contributed by atoms with Gasteiger partial charge in [-0.3, -0.25) is 18.6 Å². The van der Waals surface area contributed by atoms with Crippen LogP contribution in [-0.4, -0.2) is 54.3 Å². The molecule has 0 bridgehead atoms. The first-order valence-corrected chi connectivity index (χ1v) is 21.9. The van der Waals surface area contributed by atoms with Crippen LogP contribution in [0, 0.1) is 0 Å². The van der Waals surface area contributed by atoms with Gasteiger partial charge in [-0.25, -0.2) is 4.57 Å². The quantitative estimate of drug-likeness (QED) is 0.0247. The molecule has 10 heteroatoms. The Kier molecular flexibility index (Phi) is 37.3. The summed E-state index contributed by atoms with van der Waals surface area (Å²) in [5.41, 5.74) is 0. The third kappa shape index (κ3) is 40.5. The highest BCUT2D eigenvalue weighted by atomic mass is 31.2. The van der Waals surface area contributed by atoms with Gasteiger partial charge < -0.3 is 20.1 Å². The van der Waals surface area contributed by atoms with Gasteiger partial charge in [0.25, 0.3) is 0 Å². The van der Waals surface area contributed by atoms with Crippen molar-refractivity contribution in [3.05, 3.63) is 72.9 Å². The fourth-order valence-corrected chi connectivity index (χ4v) is 5.84. The molecule has 0 aliphatic rings. The lowest BCUT2D eigenvalue weighted by molar-refractivity contribution is -0.147. The van der Waals surface area contributed by atoms with E-state index in [9.17, 15) is 24.2 Å². The second kappa shape index (κ2) is 39.2. The van der Waals surface area contributed by atoms with Crippen LogP contribution >= 0.6 is 7.82 Å². The molecular formula is C43H74NO8P. The lowest BCUT2D eigenvalue weighted by atomic mass is 10.1. The molecule has 0 radical (unpaired) electrons. The molecule has 0 aliphatic heterocycles. The fourth-order valence-electron chi connectivity index (χ4n) is 5.09. The predicted octanol–water partition coefficient (Wildman–Crippen LogP) is 11.1. The third-order valence-electron chi connectivity index (χ3n) is 8.15. The van der Waals surface area contributed by atoms with Crippen LogP contribution in [0.4, 0.5) is 0 Å². The number of aliphatic hydroxyl groups excluding tert-OH is 1. The zero-order valence-electron chi connectivity index (χ0n) is 33.2. The van der Waals surface area contributed by atoms with Gasteiger partial charge in [-0.05, 0) is 64.2 Å². The highest BCUT2D eigenvalue weighted by molar-refractivity contribution is 7.47. The van der Waals surface area contributed by atoms with Crippen molar-refractivity contribution in [2.75, 3.05) is 26.4 Å². The Bertz CT molecular complexity index is 1100. The minimum Gasteiger partial charge on any atom is -0.463 e. The number of phosphoric acid groups is 1. The number of unbranched alkanes of at least 4 members (excludes halogenated alkanes) is 12. The van der Waals surface area contributed by atoms with Gasteiger partial charge in [0.15, 0.2) is 0 Å². The lowest BCUT2D eigenvalue weighted by Gasteiger charge is -2.15. The number of amides is 1. The maximum Gasteiger partial charge on any atom is 0.472 e. The molecule has 2 unspecified atom stereocenters. The number of ether oxygens (including phenoxy) is 1. The standard InChI is InChI=1S/C43H74NO8P/c1-3-5-7-9-11-13-15-16-17-18-19-20-21-22-23-24-26-27-29-31-33-35-42(46)44-37-38-51-53(48,49)52-40-41(45)39-50-43(47)36-34-32-30-28-25-14-12-10-8-6-4-2/h5,7,11,13,16-17,19-20,22-23,26-27,41,45H,3-4,6,8-10,12,14-15,18,21,24-25,28-40H2,1-2H3,(H,44,46)(H,48,49)/b7-5-,13-11-,17-16-,20-19-,23-22-,27-26-. The van der Waals surface area contributed by atoms with Crippen LogP contribution in [0.2, 0.25) is 0 Å². The van der Waals surface area contributed by atoms with Crippen molar-refractivity contribution in [1.82, 2.24) is 5.32 Å². The van der Waals surface area contributed by atoms with Crippen molar-refractivity contribution >= 4 is 19.7 Å². The lowest BCUT2D eigenvalue weighted by Crippen LogP contribution is -2.27. The SMILES string of the molecule is CC/C=C\C/C=C\C/C=C\C/C=C\C/C=C\C/C=C\CCCCC(=O)NCCOP(=O)(O)OCC(O)COC(=O)CCCCCCCCCCCCC. The second-order valence-electron chi connectivity index (χ2n) is 13.2. The van der Waals surface area contributed by atoms with Gasteiger partial charge in [-0.2, -0.15) is 0 Å². The van der Waals surface area contributed by atoms with Gasteiger partial charge >= 0.3 is 13.8 Å². The van der Waals surface area contributed by atoms with E-state index in [1.165, 1.54) is 51.4 Å². The van der Waals surface area contributed by atoms with Crippen molar-refractivity contribution < 1.29 is 37.9 Å². The average Bonchev–Trinajstić information content (AvgIpc) is 3.14. The second-order valence-corrected chi connectivity index (χ2v) is 14.7. The van der Waals surface area contributed by atoms with E-state index in [0.717, 1.165) is 77.0 Å². The number of carbonyl (C=O) groups is 2. The number of nitrogens with one attached hydrogen (secondary N) is 1.